The molecule has 0 saturated heterocycles. The Balaban J connectivity index is 1.60. The van der Waals surface area contributed by atoms with Crippen LogP contribution in [0.4, 0.5) is 0 Å². The third kappa shape index (κ3) is 4.02. The number of nitrogens with two attached hydrogens (primary N) is 1. The fourth-order valence-corrected chi connectivity index (χ4v) is 7.17. The lowest BCUT2D eigenvalue weighted by atomic mass is 9.52. The van der Waals surface area contributed by atoms with Crippen LogP contribution in [0.25, 0.3) is 11.1 Å². The molecule has 210 valence electrons. The fraction of sp³-hybridized carbons (Fsp3) is 0.452. The SMILES string of the molecule is CC(C)Cc1ccc(-c2ccc(O)c3c2C[C@@H]2C[C@@H]4[C@@H](N(C)C)C(=O)C(C(N)=O)C(=O)[C@]4(O)C(=O)C2C3=O)cc1. The summed E-state index contributed by atoms with van der Waals surface area (Å²) >= 11 is 0. The van der Waals surface area contributed by atoms with Crippen LogP contribution in [0.2, 0.25) is 0 Å². The highest BCUT2D eigenvalue weighted by Gasteiger charge is 2.69. The lowest BCUT2D eigenvalue weighted by Crippen LogP contribution is -2.74. The van der Waals surface area contributed by atoms with Gasteiger partial charge < -0.3 is 15.9 Å². The molecule has 4 N–H and O–H groups in total. The average Bonchev–Trinajstić information content (AvgIpc) is 2.86. The van der Waals surface area contributed by atoms with E-state index in [9.17, 15) is 34.2 Å². The summed E-state index contributed by atoms with van der Waals surface area (Å²) in [6.07, 6.45) is 1.17. The van der Waals surface area contributed by atoms with Crippen molar-refractivity contribution in [2.75, 3.05) is 14.1 Å². The number of carbonyl (C=O) groups is 5. The van der Waals surface area contributed by atoms with Crippen molar-refractivity contribution in [3.8, 4) is 16.9 Å². The van der Waals surface area contributed by atoms with Gasteiger partial charge in [0.05, 0.1) is 17.5 Å². The zero-order valence-electron chi connectivity index (χ0n) is 23.0. The molecule has 0 bridgehead atoms. The molecule has 3 aliphatic rings. The summed E-state index contributed by atoms with van der Waals surface area (Å²) in [4.78, 5) is 68.0. The highest BCUT2D eigenvalue weighted by molar-refractivity contribution is 6.32. The molecule has 40 heavy (non-hydrogen) atoms. The summed E-state index contributed by atoms with van der Waals surface area (Å²) in [5.41, 5.74) is 6.00. The number of hydrogen-bond acceptors (Lipinski definition) is 8. The van der Waals surface area contributed by atoms with Crippen LogP contribution in [-0.2, 0) is 32.0 Å². The van der Waals surface area contributed by atoms with E-state index >= 15 is 0 Å². The van der Waals surface area contributed by atoms with E-state index in [0.29, 0.717) is 11.5 Å². The average molecular weight is 547 g/mol. The molecule has 5 rings (SSSR count). The van der Waals surface area contributed by atoms with Crippen molar-refractivity contribution in [2.24, 2.45) is 35.3 Å². The summed E-state index contributed by atoms with van der Waals surface area (Å²) in [5, 5.41) is 22.4. The summed E-state index contributed by atoms with van der Waals surface area (Å²) in [5.74, 6) is -9.95. The number of rotatable bonds is 5. The summed E-state index contributed by atoms with van der Waals surface area (Å²) in [7, 11) is 3.13. The van der Waals surface area contributed by atoms with E-state index in [-0.39, 0.29) is 24.2 Å². The molecule has 0 aromatic heterocycles. The molecule has 2 saturated carbocycles. The first kappa shape index (κ1) is 27.9. The number of Topliss-reactive ketones (excluding diaryl/α,β-unsaturated/α-hetero) is 4. The van der Waals surface area contributed by atoms with Gasteiger partial charge in [-0.3, -0.25) is 28.9 Å². The van der Waals surface area contributed by atoms with Gasteiger partial charge in [-0.15, -0.1) is 0 Å². The molecule has 0 spiro atoms. The van der Waals surface area contributed by atoms with Crippen molar-refractivity contribution in [3.63, 3.8) is 0 Å². The Bertz CT molecular complexity index is 1440. The second kappa shape index (κ2) is 9.74. The maximum Gasteiger partial charge on any atom is 0.235 e. The van der Waals surface area contributed by atoms with Gasteiger partial charge in [0.2, 0.25) is 5.91 Å². The number of likely N-dealkylation sites (N-methyl/N-ethyl adjacent to an activating group) is 1. The number of benzene rings is 2. The molecule has 2 aromatic carbocycles. The summed E-state index contributed by atoms with van der Waals surface area (Å²) in [6, 6.07) is 10.0. The lowest BCUT2D eigenvalue weighted by Gasteiger charge is -2.52. The second-order valence-corrected chi connectivity index (χ2v) is 12.1. The third-order valence-electron chi connectivity index (χ3n) is 8.85. The molecule has 3 aliphatic carbocycles. The second-order valence-electron chi connectivity index (χ2n) is 12.1. The molecular weight excluding hydrogens is 512 g/mol. The van der Waals surface area contributed by atoms with Crippen LogP contribution in [0.15, 0.2) is 36.4 Å². The normalized spacial score (nSPS) is 29.8. The number of phenols is 1. The first-order valence-electron chi connectivity index (χ1n) is 13.6. The quantitative estimate of drug-likeness (QED) is 0.479. The first-order valence-corrected chi connectivity index (χ1v) is 13.6. The number of ketones is 4. The van der Waals surface area contributed by atoms with Crippen LogP contribution in [0.5, 0.6) is 5.75 Å². The highest BCUT2D eigenvalue weighted by atomic mass is 16.3. The number of amides is 1. The Morgan fingerprint density at radius 1 is 1.05 bits per heavy atom. The van der Waals surface area contributed by atoms with E-state index in [1.807, 2.05) is 24.3 Å². The van der Waals surface area contributed by atoms with Gasteiger partial charge in [-0.1, -0.05) is 44.2 Å². The van der Waals surface area contributed by atoms with Crippen LogP contribution < -0.4 is 5.73 Å². The zero-order valence-corrected chi connectivity index (χ0v) is 23.0. The van der Waals surface area contributed by atoms with Gasteiger partial charge in [-0.2, -0.15) is 0 Å². The monoisotopic (exact) mass is 546 g/mol. The Morgan fingerprint density at radius 2 is 1.70 bits per heavy atom. The van der Waals surface area contributed by atoms with Crippen molar-refractivity contribution < 1.29 is 34.2 Å². The molecule has 0 aliphatic heterocycles. The molecule has 2 fully saturated rings. The number of aromatic hydroxyl groups is 1. The number of nitrogens with zero attached hydrogens (tertiary/aromatic N) is 1. The van der Waals surface area contributed by atoms with Crippen LogP contribution >= 0.6 is 0 Å². The molecule has 9 nitrogen and oxygen atoms in total. The van der Waals surface area contributed by atoms with Gasteiger partial charge in [0.25, 0.3) is 0 Å². The van der Waals surface area contributed by atoms with Crippen molar-refractivity contribution in [1.82, 2.24) is 4.90 Å². The molecule has 9 heteroatoms. The van der Waals surface area contributed by atoms with Crippen LogP contribution in [0, 0.1) is 29.6 Å². The minimum absolute atomic E-state index is 0.00430. The van der Waals surface area contributed by atoms with E-state index < -0.39 is 64.4 Å². The summed E-state index contributed by atoms with van der Waals surface area (Å²) in [6.45, 7) is 4.28. The van der Waals surface area contributed by atoms with Crippen LogP contribution in [-0.4, -0.2) is 69.9 Å². The van der Waals surface area contributed by atoms with Crippen molar-refractivity contribution in [2.45, 2.75) is 44.8 Å². The van der Waals surface area contributed by atoms with Crippen molar-refractivity contribution >= 4 is 29.0 Å². The van der Waals surface area contributed by atoms with E-state index in [1.54, 1.807) is 20.2 Å². The zero-order chi connectivity index (χ0) is 29.3. The number of phenolic OH excluding ortho intramolecular Hbond substituents is 1. The molecule has 2 aromatic rings. The number of carbonyl (C=O) groups excluding carboxylic acids is 5. The van der Waals surface area contributed by atoms with Crippen molar-refractivity contribution in [3.05, 3.63) is 53.1 Å². The van der Waals surface area contributed by atoms with Gasteiger partial charge in [-0.05, 0) is 73.5 Å². The maximum atomic E-state index is 13.9. The largest absolute Gasteiger partial charge is 0.507 e. The maximum absolute atomic E-state index is 13.9. The lowest BCUT2D eigenvalue weighted by molar-refractivity contribution is -0.181. The number of fused-ring (bicyclic) bond motifs is 3. The Kier molecular flexibility index (Phi) is 6.79. The Morgan fingerprint density at radius 3 is 2.27 bits per heavy atom. The standard InChI is InChI=1S/C31H34N2O7/c1-14(2)11-15-5-7-16(8-6-15)18-9-10-21(34)23-19(18)12-17-13-20-25(33(3)4)27(36)24(30(32)39)29(38)31(20,40)28(37)22(17)26(23)35/h5-10,14,17,20,22,24-25,34,40H,11-13H2,1-4H3,(H2,32,39)/t17-,20-,22?,24?,25-,31-/m1/s1. The van der Waals surface area contributed by atoms with E-state index in [1.165, 1.54) is 16.5 Å². The van der Waals surface area contributed by atoms with Gasteiger partial charge in [0.15, 0.2) is 34.7 Å². The molecular formula is C31H34N2O7. The van der Waals surface area contributed by atoms with Crippen LogP contribution in [0.3, 0.4) is 0 Å². The summed E-state index contributed by atoms with van der Waals surface area (Å²) < 4.78 is 0. The minimum atomic E-state index is -2.73. The Hall–Kier alpha value is -3.69. The van der Waals surface area contributed by atoms with Crippen molar-refractivity contribution in [1.29, 1.82) is 0 Å². The smallest absolute Gasteiger partial charge is 0.235 e. The minimum Gasteiger partial charge on any atom is -0.507 e. The number of aliphatic hydroxyl groups is 1. The van der Waals surface area contributed by atoms with Gasteiger partial charge in [-0.25, -0.2) is 0 Å². The third-order valence-corrected chi connectivity index (χ3v) is 8.85. The van der Waals surface area contributed by atoms with Gasteiger partial charge >= 0.3 is 0 Å². The highest BCUT2D eigenvalue weighted by Crippen LogP contribution is 2.51. The molecule has 0 heterocycles. The fourth-order valence-electron chi connectivity index (χ4n) is 7.17. The van der Waals surface area contributed by atoms with E-state index in [2.05, 4.69) is 13.8 Å². The predicted molar refractivity (Wildman–Crippen MR) is 145 cm³/mol. The molecule has 0 radical (unpaired) electrons. The predicted octanol–water partition coefficient (Wildman–Crippen LogP) is 1.73. The number of hydrogen-bond donors (Lipinski definition) is 3. The first-order chi connectivity index (χ1) is 18.8. The molecule has 1 amide bonds. The van der Waals surface area contributed by atoms with Gasteiger partial charge in [0, 0.05) is 5.92 Å². The molecule has 2 unspecified atom stereocenters. The number of primary amides is 1. The molecule has 6 atom stereocenters. The van der Waals surface area contributed by atoms with Crippen LogP contribution in [0.1, 0.15) is 41.8 Å². The van der Waals surface area contributed by atoms with E-state index in [4.69, 9.17) is 5.73 Å². The van der Waals surface area contributed by atoms with Gasteiger partial charge in [0.1, 0.15) is 5.75 Å². The van der Waals surface area contributed by atoms with E-state index in [0.717, 1.165) is 17.5 Å². The topological polar surface area (TPSA) is 155 Å². The Labute approximate surface area is 232 Å².